The summed E-state index contributed by atoms with van der Waals surface area (Å²) in [4.78, 5) is 38.8. The van der Waals surface area contributed by atoms with Crippen molar-refractivity contribution < 1.29 is 33.3 Å². The summed E-state index contributed by atoms with van der Waals surface area (Å²) in [6.45, 7) is 7.33. The van der Waals surface area contributed by atoms with E-state index in [4.69, 9.17) is 18.9 Å². The molecule has 0 N–H and O–H groups in total. The highest BCUT2D eigenvalue weighted by molar-refractivity contribution is 6.00. The summed E-state index contributed by atoms with van der Waals surface area (Å²) >= 11 is 0. The zero-order chi connectivity index (χ0) is 20.9. The first kappa shape index (κ1) is 19.1. The normalized spacial score (nSPS) is 52.6. The van der Waals surface area contributed by atoms with Crippen LogP contribution in [0.5, 0.6) is 0 Å². The predicted molar refractivity (Wildman–Crippen MR) is 99.5 cm³/mol. The van der Waals surface area contributed by atoms with Gasteiger partial charge in [0.1, 0.15) is 17.8 Å². The molecule has 0 aromatic carbocycles. The van der Waals surface area contributed by atoms with Gasteiger partial charge in [0.2, 0.25) is 5.78 Å². The van der Waals surface area contributed by atoms with Gasteiger partial charge in [0.25, 0.3) is 0 Å². The summed E-state index contributed by atoms with van der Waals surface area (Å²) < 4.78 is 23.8. The minimum absolute atomic E-state index is 0.311. The van der Waals surface area contributed by atoms with Crippen LogP contribution in [0.25, 0.3) is 0 Å². The number of hydrogen-bond donors (Lipinski definition) is 0. The quantitative estimate of drug-likeness (QED) is 0.620. The van der Waals surface area contributed by atoms with Crippen LogP contribution in [0, 0.1) is 16.7 Å². The molecule has 2 aliphatic carbocycles. The molecule has 4 fully saturated rings. The first-order valence-electron chi connectivity index (χ1n) is 10.5. The lowest BCUT2D eigenvalue weighted by Gasteiger charge is -2.63. The predicted octanol–water partition coefficient (Wildman–Crippen LogP) is 2.46. The molecule has 29 heavy (non-hydrogen) atoms. The molecule has 0 unspecified atom stereocenters. The second kappa shape index (κ2) is 5.42. The summed E-state index contributed by atoms with van der Waals surface area (Å²) in [6.07, 6.45) is 6.09. The average molecular weight is 404 g/mol. The van der Waals surface area contributed by atoms with Crippen LogP contribution in [0.15, 0.2) is 12.3 Å². The highest BCUT2D eigenvalue weighted by Gasteiger charge is 2.82. The maximum absolute atomic E-state index is 13.8. The third-order valence-electron chi connectivity index (χ3n) is 8.61. The van der Waals surface area contributed by atoms with Gasteiger partial charge in [-0.15, -0.1) is 0 Å². The smallest absolute Gasteiger partial charge is 0.312 e. The largest absolute Gasteiger partial charge is 0.498 e. The second-order valence-electron chi connectivity index (χ2n) is 10.1. The van der Waals surface area contributed by atoms with Crippen LogP contribution in [0.4, 0.5) is 0 Å². The van der Waals surface area contributed by atoms with Crippen molar-refractivity contribution in [3.8, 4) is 0 Å². The van der Waals surface area contributed by atoms with E-state index in [0.717, 1.165) is 12.8 Å². The lowest BCUT2D eigenvalue weighted by Crippen LogP contribution is -2.77. The van der Waals surface area contributed by atoms with Crippen LogP contribution in [0.2, 0.25) is 0 Å². The number of ether oxygens (including phenoxy) is 4. The van der Waals surface area contributed by atoms with Gasteiger partial charge in [0, 0.05) is 18.3 Å². The van der Waals surface area contributed by atoms with Crippen LogP contribution < -0.4 is 0 Å². The summed E-state index contributed by atoms with van der Waals surface area (Å²) in [6, 6.07) is 0. The third kappa shape index (κ3) is 2.00. The lowest BCUT2D eigenvalue weighted by molar-refractivity contribution is -0.285. The van der Waals surface area contributed by atoms with Crippen molar-refractivity contribution in [2.45, 2.75) is 82.7 Å². The SMILES string of the molecule is CC(=O)O[C@]1(C)C(=O)[C@@H]2OC(=O)[C@@]3(C)CCC[C@@](C)([C@H]23)[C@]12CC[C@@]1(C=COC1)O2. The summed E-state index contributed by atoms with van der Waals surface area (Å²) in [5.41, 5.74) is -4.56. The molecule has 2 saturated carbocycles. The molecule has 0 radical (unpaired) electrons. The molecule has 7 nitrogen and oxygen atoms in total. The van der Waals surface area contributed by atoms with E-state index in [2.05, 4.69) is 6.92 Å². The van der Waals surface area contributed by atoms with E-state index in [9.17, 15) is 14.4 Å². The molecule has 5 rings (SSSR count). The second-order valence-corrected chi connectivity index (χ2v) is 10.1. The molecule has 0 aromatic rings. The van der Waals surface area contributed by atoms with Crippen molar-refractivity contribution in [1.82, 2.24) is 0 Å². The molecular formula is C22H28O7. The van der Waals surface area contributed by atoms with Gasteiger partial charge in [-0.05, 0) is 45.6 Å². The standard InChI is InChI=1S/C22H28O7/c1-13(23)28-20(4)16(24)14-15-18(2,17(25)27-14)6-5-7-19(15,3)22(20)9-8-21(29-22)10-11-26-12-21/h10-11,14-15H,5-9,12H2,1-4H3/t14-,15-,18+,19+,20-,21+,22-/m1/s1. The summed E-state index contributed by atoms with van der Waals surface area (Å²) in [7, 11) is 0. The number of hydrogen-bond acceptors (Lipinski definition) is 7. The van der Waals surface area contributed by atoms with Crippen molar-refractivity contribution in [2.75, 3.05) is 6.61 Å². The van der Waals surface area contributed by atoms with Crippen LogP contribution >= 0.6 is 0 Å². The van der Waals surface area contributed by atoms with E-state index in [0.29, 0.717) is 25.9 Å². The number of fused-ring (bicyclic) bond motifs is 1. The Balaban J connectivity index is 1.73. The van der Waals surface area contributed by atoms with E-state index in [-0.39, 0.29) is 17.7 Å². The molecular weight excluding hydrogens is 376 g/mol. The van der Waals surface area contributed by atoms with Gasteiger partial charge in [-0.3, -0.25) is 14.4 Å². The fraction of sp³-hybridized carbons (Fsp3) is 0.773. The zero-order valence-electron chi connectivity index (χ0n) is 17.4. The third-order valence-corrected chi connectivity index (χ3v) is 8.61. The highest BCUT2D eigenvalue weighted by Crippen LogP contribution is 2.71. The molecule has 3 aliphatic heterocycles. The van der Waals surface area contributed by atoms with Crippen molar-refractivity contribution in [3.05, 3.63) is 12.3 Å². The Kier molecular flexibility index (Phi) is 3.57. The van der Waals surface area contributed by atoms with E-state index in [1.807, 2.05) is 13.0 Å². The van der Waals surface area contributed by atoms with Gasteiger partial charge in [-0.1, -0.05) is 13.3 Å². The van der Waals surface area contributed by atoms with Gasteiger partial charge in [0.15, 0.2) is 11.7 Å². The van der Waals surface area contributed by atoms with Gasteiger partial charge in [0.05, 0.1) is 11.7 Å². The maximum Gasteiger partial charge on any atom is 0.312 e. The molecule has 5 aliphatic rings. The molecule has 7 atom stereocenters. The van der Waals surface area contributed by atoms with Crippen molar-refractivity contribution in [2.24, 2.45) is 16.7 Å². The number of esters is 2. The molecule has 158 valence electrons. The molecule has 0 amide bonds. The van der Waals surface area contributed by atoms with Crippen molar-refractivity contribution in [1.29, 1.82) is 0 Å². The minimum Gasteiger partial charge on any atom is -0.498 e. The Hall–Kier alpha value is -1.89. The topological polar surface area (TPSA) is 88.1 Å². The van der Waals surface area contributed by atoms with Gasteiger partial charge >= 0.3 is 11.9 Å². The number of Topliss-reactive ketones (excluding diaryl/α,β-unsaturated/α-hetero) is 1. The van der Waals surface area contributed by atoms with Crippen molar-refractivity contribution >= 4 is 17.7 Å². The Morgan fingerprint density at radius 2 is 1.90 bits per heavy atom. The van der Waals surface area contributed by atoms with E-state index >= 15 is 0 Å². The molecule has 0 bridgehead atoms. The van der Waals surface area contributed by atoms with Gasteiger partial charge in [-0.25, -0.2) is 0 Å². The van der Waals surface area contributed by atoms with Gasteiger partial charge < -0.3 is 18.9 Å². The fourth-order valence-electron chi connectivity index (χ4n) is 7.35. The average Bonchev–Trinajstić information content (AvgIpc) is 3.33. The fourth-order valence-corrected chi connectivity index (χ4v) is 7.35. The molecule has 2 saturated heterocycles. The molecule has 0 aromatic heterocycles. The zero-order valence-corrected chi connectivity index (χ0v) is 17.4. The first-order chi connectivity index (χ1) is 13.5. The Bertz CT molecular complexity index is 850. The van der Waals surface area contributed by atoms with E-state index in [1.54, 1.807) is 13.2 Å². The number of rotatable bonds is 1. The van der Waals surface area contributed by atoms with Crippen molar-refractivity contribution in [3.63, 3.8) is 0 Å². The van der Waals surface area contributed by atoms with Crippen LogP contribution in [0.3, 0.4) is 0 Å². The molecule has 3 heterocycles. The highest BCUT2D eigenvalue weighted by atomic mass is 16.6. The number of ketones is 1. The Labute approximate surface area is 170 Å². The Morgan fingerprint density at radius 3 is 2.55 bits per heavy atom. The number of carbonyl (C=O) groups excluding carboxylic acids is 3. The van der Waals surface area contributed by atoms with Gasteiger partial charge in [-0.2, -0.15) is 0 Å². The Morgan fingerprint density at radius 1 is 1.14 bits per heavy atom. The summed E-state index contributed by atoms with van der Waals surface area (Å²) in [5.74, 6) is -1.55. The lowest BCUT2D eigenvalue weighted by atomic mass is 9.42. The molecule has 7 heteroatoms. The van der Waals surface area contributed by atoms with E-state index in [1.165, 1.54) is 6.92 Å². The van der Waals surface area contributed by atoms with Crippen LogP contribution in [-0.2, 0) is 33.3 Å². The van der Waals surface area contributed by atoms with E-state index < -0.39 is 39.7 Å². The molecule has 2 spiro atoms. The number of carbonyl (C=O) groups is 3. The maximum atomic E-state index is 13.8. The first-order valence-corrected chi connectivity index (χ1v) is 10.5. The van der Waals surface area contributed by atoms with Crippen LogP contribution in [0.1, 0.15) is 59.8 Å². The summed E-state index contributed by atoms with van der Waals surface area (Å²) in [5, 5.41) is 0. The minimum atomic E-state index is -1.54. The van der Waals surface area contributed by atoms with Crippen LogP contribution in [-0.4, -0.2) is 47.2 Å². The monoisotopic (exact) mass is 404 g/mol.